The zero-order valence-corrected chi connectivity index (χ0v) is 14.6. The molecule has 0 amide bonds. The van der Waals surface area contributed by atoms with E-state index in [0.29, 0.717) is 0 Å². The molecule has 0 aromatic carbocycles. The summed E-state index contributed by atoms with van der Waals surface area (Å²) in [5, 5.41) is 3.32. The third-order valence-electron chi connectivity index (χ3n) is 3.50. The number of rotatable bonds is 4. The van der Waals surface area contributed by atoms with Gasteiger partial charge in [-0.1, -0.05) is 24.8 Å². The predicted molar refractivity (Wildman–Crippen MR) is 88.2 cm³/mol. The normalized spacial score (nSPS) is 18.3. The van der Waals surface area contributed by atoms with Crippen molar-refractivity contribution < 1.29 is 0 Å². The smallest absolute Gasteiger partial charge is 0.0846 e. The molecule has 0 bridgehead atoms. The van der Waals surface area contributed by atoms with E-state index in [4.69, 9.17) is 0 Å². The van der Waals surface area contributed by atoms with Gasteiger partial charge in [0.2, 0.25) is 0 Å². The van der Waals surface area contributed by atoms with Crippen LogP contribution >= 0.6 is 43.2 Å². The number of hydrogen-bond acceptors (Lipinski definition) is 2. The molecule has 1 aromatic heterocycles. The summed E-state index contributed by atoms with van der Waals surface area (Å²) in [7, 11) is 2.04. The first-order valence-electron chi connectivity index (χ1n) is 6.50. The van der Waals surface area contributed by atoms with Crippen LogP contribution in [-0.4, -0.2) is 13.6 Å². The van der Waals surface area contributed by atoms with Crippen LogP contribution in [0.5, 0.6) is 0 Å². The molecule has 18 heavy (non-hydrogen) atoms. The molecular weight excluding hydrogens is 374 g/mol. The molecule has 1 aliphatic carbocycles. The van der Waals surface area contributed by atoms with Gasteiger partial charge in [0.15, 0.2) is 0 Å². The third-order valence-corrected chi connectivity index (χ3v) is 6.71. The maximum absolute atomic E-state index is 3.57. The molecule has 1 aliphatic rings. The standard InChI is InChI=1S/C14H19Br2NS/c1-17-9-11(10-5-3-2-4-6-10)7-12-8-13(15)14(16)18-12/h7-8,10,17H,2-6,9H2,1H3. The van der Waals surface area contributed by atoms with E-state index in [-0.39, 0.29) is 0 Å². The fourth-order valence-corrected chi connectivity index (χ4v) is 4.67. The molecule has 1 N–H and O–H groups in total. The molecule has 0 radical (unpaired) electrons. The minimum atomic E-state index is 0.783. The van der Waals surface area contributed by atoms with Crippen LogP contribution in [0.1, 0.15) is 37.0 Å². The number of likely N-dealkylation sites (N-methyl/N-ethyl adjacent to an activating group) is 1. The molecule has 1 aromatic rings. The lowest BCUT2D eigenvalue weighted by atomic mass is 9.83. The highest BCUT2D eigenvalue weighted by Crippen LogP contribution is 2.36. The van der Waals surface area contributed by atoms with Crippen LogP contribution in [0.3, 0.4) is 0 Å². The molecule has 4 heteroatoms. The van der Waals surface area contributed by atoms with E-state index in [0.717, 1.165) is 16.9 Å². The molecular formula is C14H19Br2NS. The molecule has 0 atom stereocenters. The maximum Gasteiger partial charge on any atom is 0.0846 e. The Hall–Kier alpha value is 0.360. The number of hydrogen-bond donors (Lipinski definition) is 1. The van der Waals surface area contributed by atoms with Crippen LogP contribution in [0.15, 0.2) is 19.9 Å². The van der Waals surface area contributed by atoms with E-state index in [1.807, 2.05) is 7.05 Å². The number of nitrogens with one attached hydrogen (secondary N) is 1. The lowest BCUT2D eigenvalue weighted by Gasteiger charge is -2.24. The van der Waals surface area contributed by atoms with Crippen molar-refractivity contribution in [2.45, 2.75) is 32.1 Å². The van der Waals surface area contributed by atoms with Gasteiger partial charge >= 0.3 is 0 Å². The summed E-state index contributed by atoms with van der Waals surface area (Å²) >= 11 is 8.93. The van der Waals surface area contributed by atoms with Crippen LogP contribution in [-0.2, 0) is 0 Å². The predicted octanol–water partition coefficient (Wildman–Crippen LogP) is 5.46. The Morgan fingerprint density at radius 3 is 2.67 bits per heavy atom. The summed E-state index contributed by atoms with van der Waals surface area (Å²) in [6.45, 7) is 1.01. The van der Waals surface area contributed by atoms with Crippen LogP contribution in [0.25, 0.3) is 6.08 Å². The summed E-state index contributed by atoms with van der Waals surface area (Å²) in [6, 6.07) is 2.20. The van der Waals surface area contributed by atoms with Gasteiger partial charge in [-0.2, -0.15) is 0 Å². The van der Waals surface area contributed by atoms with E-state index < -0.39 is 0 Å². The third kappa shape index (κ3) is 3.92. The second-order valence-electron chi connectivity index (χ2n) is 4.85. The van der Waals surface area contributed by atoms with E-state index in [1.165, 1.54) is 40.8 Å². The molecule has 2 rings (SSSR count). The highest BCUT2D eigenvalue weighted by molar-refractivity contribution is 9.13. The first-order chi connectivity index (χ1) is 8.70. The fraction of sp³-hybridized carbons (Fsp3) is 0.571. The molecule has 1 saturated carbocycles. The van der Waals surface area contributed by atoms with Crippen molar-refractivity contribution in [1.82, 2.24) is 5.32 Å². The van der Waals surface area contributed by atoms with Gasteiger partial charge in [0, 0.05) is 15.9 Å². The van der Waals surface area contributed by atoms with Gasteiger partial charge in [0.25, 0.3) is 0 Å². The van der Waals surface area contributed by atoms with Crippen molar-refractivity contribution in [3.63, 3.8) is 0 Å². The van der Waals surface area contributed by atoms with Gasteiger partial charge in [-0.3, -0.25) is 0 Å². The Morgan fingerprint density at radius 2 is 2.11 bits per heavy atom. The van der Waals surface area contributed by atoms with Crippen LogP contribution in [0, 0.1) is 5.92 Å². The van der Waals surface area contributed by atoms with Crippen molar-refractivity contribution in [2.75, 3.05) is 13.6 Å². The first kappa shape index (κ1) is 14.8. The molecule has 1 nitrogen and oxygen atoms in total. The Bertz CT molecular complexity index is 400. The minimum absolute atomic E-state index is 0.783. The maximum atomic E-state index is 3.57. The lowest BCUT2D eigenvalue weighted by Crippen LogP contribution is -2.18. The van der Waals surface area contributed by atoms with Crippen molar-refractivity contribution in [3.05, 3.63) is 24.8 Å². The van der Waals surface area contributed by atoms with Gasteiger partial charge in [-0.15, -0.1) is 11.3 Å². The zero-order chi connectivity index (χ0) is 13.0. The lowest BCUT2D eigenvalue weighted by molar-refractivity contribution is 0.398. The van der Waals surface area contributed by atoms with E-state index in [9.17, 15) is 0 Å². The van der Waals surface area contributed by atoms with E-state index in [2.05, 4.69) is 49.3 Å². The van der Waals surface area contributed by atoms with Crippen molar-refractivity contribution in [1.29, 1.82) is 0 Å². The topological polar surface area (TPSA) is 12.0 Å². The van der Waals surface area contributed by atoms with Crippen molar-refractivity contribution in [2.24, 2.45) is 5.92 Å². The summed E-state index contributed by atoms with van der Waals surface area (Å²) < 4.78 is 2.34. The molecule has 1 fully saturated rings. The average molecular weight is 393 g/mol. The summed E-state index contributed by atoms with van der Waals surface area (Å²) in [5.41, 5.74) is 1.57. The Kier molecular flexibility index (Phi) is 5.93. The van der Waals surface area contributed by atoms with Crippen molar-refractivity contribution in [3.8, 4) is 0 Å². The average Bonchev–Trinajstić information content (AvgIpc) is 2.69. The molecule has 0 unspecified atom stereocenters. The molecule has 0 saturated heterocycles. The highest BCUT2D eigenvalue weighted by atomic mass is 79.9. The monoisotopic (exact) mass is 391 g/mol. The fourth-order valence-electron chi connectivity index (χ4n) is 2.61. The highest BCUT2D eigenvalue weighted by Gasteiger charge is 2.17. The van der Waals surface area contributed by atoms with Crippen LogP contribution in [0.4, 0.5) is 0 Å². The zero-order valence-electron chi connectivity index (χ0n) is 10.6. The van der Waals surface area contributed by atoms with E-state index in [1.54, 1.807) is 16.9 Å². The quantitative estimate of drug-likeness (QED) is 0.717. The minimum Gasteiger partial charge on any atom is -0.316 e. The molecule has 100 valence electrons. The Balaban J connectivity index is 2.17. The van der Waals surface area contributed by atoms with Gasteiger partial charge in [0.1, 0.15) is 0 Å². The Morgan fingerprint density at radius 1 is 1.39 bits per heavy atom. The second kappa shape index (κ2) is 7.22. The largest absolute Gasteiger partial charge is 0.316 e. The first-order valence-corrected chi connectivity index (χ1v) is 8.91. The number of thiophene rings is 1. The van der Waals surface area contributed by atoms with Gasteiger partial charge in [-0.05, 0) is 69.8 Å². The summed E-state index contributed by atoms with van der Waals surface area (Å²) in [6.07, 6.45) is 9.31. The van der Waals surface area contributed by atoms with Gasteiger partial charge in [-0.25, -0.2) is 0 Å². The van der Waals surface area contributed by atoms with Crippen LogP contribution in [0.2, 0.25) is 0 Å². The SMILES string of the molecule is CNCC(=Cc1cc(Br)c(Br)s1)C1CCCCC1. The summed E-state index contributed by atoms with van der Waals surface area (Å²) in [4.78, 5) is 1.34. The number of halogens is 2. The van der Waals surface area contributed by atoms with Crippen molar-refractivity contribution >= 4 is 49.3 Å². The second-order valence-corrected chi connectivity index (χ2v) is 8.11. The Labute approximate surface area is 130 Å². The van der Waals surface area contributed by atoms with Crippen LogP contribution < -0.4 is 5.32 Å². The molecule has 0 spiro atoms. The van der Waals surface area contributed by atoms with Gasteiger partial charge in [0.05, 0.1) is 3.79 Å². The van der Waals surface area contributed by atoms with Gasteiger partial charge < -0.3 is 5.32 Å². The summed E-state index contributed by atoms with van der Waals surface area (Å²) in [5.74, 6) is 0.783. The molecule has 0 aliphatic heterocycles. The van der Waals surface area contributed by atoms with E-state index >= 15 is 0 Å². The molecule has 1 heterocycles.